The van der Waals surface area contributed by atoms with Gasteiger partial charge in [0.25, 0.3) is 0 Å². The monoisotopic (exact) mass is 406 g/mol. The lowest BCUT2D eigenvalue weighted by molar-refractivity contribution is -0.115. The van der Waals surface area contributed by atoms with Gasteiger partial charge in [-0.05, 0) is 54.8 Å². The molecule has 0 spiro atoms. The number of amides is 1. The number of nitrogens with one attached hydrogen (secondary N) is 1. The topological polar surface area (TPSA) is 66.5 Å². The predicted molar refractivity (Wildman–Crippen MR) is 107 cm³/mol. The molecule has 1 amide bonds. The van der Waals surface area contributed by atoms with E-state index in [0.717, 1.165) is 31.2 Å². The fourth-order valence-corrected chi connectivity index (χ4v) is 4.78. The normalized spacial score (nSPS) is 15.9. The Morgan fingerprint density at radius 3 is 2.11 bits per heavy atom. The molecular formula is C20H23ClN2O3S. The van der Waals surface area contributed by atoms with Crippen molar-refractivity contribution in [3.8, 4) is 0 Å². The van der Waals surface area contributed by atoms with Crippen LogP contribution in [-0.4, -0.2) is 31.7 Å². The molecule has 1 N–H and O–H groups in total. The Hall–Kier alpha value is -1.89. The third-order valence-electron chi connectivity index (χ3n) is 4.62. The summed E-state index contributed by atoms with van der Waals surface area (Å²) in [5, 5.41) is 3.42. The first-order chi connectivity index (χ1) is 12.9. The average molecular weight is 407 g/mol. The van der Waals surface area contributed by atoms with Crippen LogP contribution in [0.4, 0.5) is 5.69 Å². The van der Waals surface area contributed by atoms with E-state index in [1.807, 2.05) is 0 Å². The molecular weight excluding hydrogens is 384 g/mol. The van der Waals surface area contributed by atoms with E-state index in [-0.39, 0.29) is 17.2 Å². The maximum absolute atomic E-state index is 12.8. The highest BCUT2D eigenvalue weighted by Crippen LogP contribution is 2.22. The van der Waals surface area contributed by atoms with Gasteiger partial charge in [0.15, 0.2) is 0 Å². The van der Waals surface area contributed by atoms with E-state index >= 15 is 0 Å². The molecule has 1 aliphatic heterocycles. The van der Waals surface area contributed by atoms with Crippen LogP contribution in [0.15, 0.2) is 53.4 Å². The van der Waals surface area contributed by atoms with Crippen LogP contribution in [0.25, 0.3) is 0 Å². The molecule has 2 aromatic rings. The van der Waals surface area contributed by atoms with Crippen LogP contribution in [-0.2, 0) is 21.2 Å². The van der Waals surface area contributed by atoms with Gasteiger partial charge in [0.05, 0.1) is 11.3 Å². The molecule has 0 radical (unpaired) electrons. The van der Waals surface area contributed by atoms with Crippen molar-refractivity contribution >= 4 is 33.2 Å². The minimum Gasteiger partial charge on any atom is -0.326 e. The van der Waals surface area contributed by atoms with Gasteiger partial charge in [0, 0.05) is 23.8 Å². The number of hydrogen-bond acceptors (Lipinski definition) is 3. The summed E-state index contributed by atoms with van der Waals surface area (Å²) >= 11 is 5.84. The van der Waals surface area contributed by atoms with Crippen molar-refractivity contribution < 1.29 is 13.2 Å². The van der Waals surface area contributed by atoms with E-state index in [1.165, 1.54) is 0 Å². The molecule has 27 heavy (non-hydrogen) atoms. The van der Waals surface area contributed by atoms with E-state index in [2.05, 4.69) is 5.32 Å². The molecule has 1 aliphatic rings. The number of rotatable bonds is 5. The number of nitrogens with zero attached hydrogens (tertiary/aromatic N) is 1. The fraction of sp³-hybridized carbons (Fsp3) is 0.350. The smallest absolute Gasteiger partial charge is 0.243 e. The highest BCUT2D eigenvalue weighted by molar-refractivity contribution is 7.89. The number of hydrogen-bond donors (Lipinski definition) is 1. The van der Waals surface area contributed by atoms with E-state index < -0.39 is 10.0 Å². The third-order valence-corrected chi connectivity index (χ3v) is 6.78. The first-order valence-electron chi connectivity index (χ1n) is 9.10. The van der Waals surface area contributed by atoms with Crippen LogP contribution < -0.4 is 5.32 Å². The largest absolute Gasteiger partial charge is 0.326 e. The predicted octanol–water partition coefficient (Wildman–Crippen LogP) is 4.09. The summed E-state index contributed by atoms with van der Waals surface area (Å²) in [5.74, 6) is -0.166. The lowest BCUT2D eigenvalue weighted by Gasteiger charge is -2.20. The molecule has 144 valence electrons. The number of benzene rings is 2. The number of halogens is 1. The Labute approximate surface area is 165 Å². The van der Waals surface area contributed by atoms with Gasteiger partial charge in [-0.25, -0.2) is 8.42 Å². The molecule has 0 unspecified atom stereocenters. The van der Waals surface area contributed by atoms with Crippen LogP contribution in [0.1, 0.15) is 31.2 Å². The Morgan fingerprint density at radius 2 is 1.52 bits per heavy atom. The van der Waals surface area contributed by atoms with Gasteiger partial charge in [0.2, 0.25) is 15.9 Å². The average Bonchev–Trinajstić information content (AvgIpc) is 2.94. The van der Waals surface area contributed by atoms with Gasteiger partial charge in [-0.2, -0.15) is 4.31 Å². The second-order valence-corrected chi connectivity index (χ2v) is 9.07. The molecule has 0 aromatic heterocycles. The van der Waals surface area contributed by atoms with Crippen molar-refractivity contribution in [3.63, 3.8) is 0 Å². The third kappa shape index (κ3) is 5.31. The summed E-state index contributed by atoms with van der Waals surface area (Å²) in [6.07, 6.45) is 4.18. The number of sulfonamides is 1. The van der Waals surface area contributed by atoms with E-state index in [9.17, 15) is 13.2 Å². The molecule has 7 heteroatoms. The number of carbonyl (C=O) groups is 1. The molecule has 1 saturated heterocycles. The zero-order valence-electron chi connectivity index (χ0n) is 15.0. The zero-order valence-corrected chi connectivity index (χ0v) is 16.6. The van der Waals surface area contributed by atoms with E-state index in [0.29, 0.717) is 23.8 Å². The van der Waals surface area contributed by atoms with Crippen molar-refractivity contribution in [1.29, 1.82) is 0 Å². The Kier molecular flexibility index (Phi) is 6.52. The minimum absolute atomic E-state index is 0.166. The summed E-state index contributed by atoms with van der Waals surface area (Å²) in [5.41, 5.74) is 1.43. The second-order valence-electron chi connectivity index (χ2n) is 6.69. The van der Waals surface area contributed by atoms with Gasteiger partial charge in [-0.1, -0.05) is 36.6 Å². The van der Waals surface area contributed by atoms with Crippen LogP contribution >= 0.6 is 11.6 Å². The standard InChI is InChI=1S/C20H23ClN2O3S/c21-17-7-5-16(6-8-17)15-20(24)22-18-9-11-19(12-10-18)27(25,26)23-13-3-1-2-4-14-23/h5-12H,1-4,13-15H2,(H,22,24). The van der Waals surface area contributed by atoms with Gasteiger partial charge < -0.3 is 5.32 Å². The first-order valence-corrected chi connectivity index (χ1v) is 10.9. The number of carbonyl (C=O) groups excluding carboxylic acids is 1. The molecule has 0 saturated carbocycles. The van der Waals surface area contributed by atoms with E-state index in [4.69, 9.17) is 11.6 Å². The molecule has 1 heterocycles. The van der Waals surface area contributed by atoms with E-state index in [1.54, 1.807) is 52.8 Å². The number of anilines is 1. The first kappa shape index (κ1) is 19.9. The summed E-state index contributed by atoms with van der Waals surface area (Å²) in [7, 11) is -3.48. The molecule has 2 aromatic carbocycles. The molecule has 5 nitrogen and oxygen atoms in total. The highest BCUT2D eigenvalue weighted by Gasteiger charge is 2.24. The van der Waals surface area contributed by atoms with Gasteiger partial charge >= 0.3 is 0 Å². The van der Waals surface area contributed by atoms with Crippen molar-refractivity contribution in [3.05, 3.63) is 59.1 Å². The maximum Gasteiger partial charge on any atom is 0.243 e. The molecule has 1 fully saturated rings. The van der Waals surface area contributed by atoms with Crippen LogP contribution in [0.5, 0.6) is 0 Å². The molecule has 0 bridgehead atoms. The summed E-state index contributed by atoms with van der Waals surface area (Å²) < 4.78 is 27.1. The Morgan fingerprint density at radius 1 is 0.926 bits per heavy atom. The maximum atomic E-state index is 12.8. The molecule has 0 atom stereocenters. The van der Waals surface area contributed by atoms with Crippen molar-refractivity contribution in [2.45, 2.75) is 37.0 Å². The van der Waals surface area contributed by atoms with Crippen molar-refractivity contribution in [2.24, 2.45) is 0 Å². The summed E-state index contributed by atoms with van der Waals surface area (Å²) in [6.45, 7) is 1.14. The Bertz CT molecular complexity index is 872. The quantitative estimate of drug-likeness (QED) is 0.813. The SMILES string of the molecule is O=C(Cc1ccc(Cl)cc1)Nc1ccc(S(=O)(=O)N2CCCCCC2)cc1. The fourth-order valence-electron chi connectivity index (χ4n) is 3.13. The summed E-state index contributed by atoms with van der Waals surface area (Å²) in [4.78, 5) is 12.4. The van der Waals surface area contributed by atoms with Crippen molar-refractivity contribution in [2.75, 3.05) is 18.4 Å². The van der Waals surface area contributed by atoms with Gasteiger partial charge in [0.1, 0.15) is 0 Å². The van der Waals surface area contributed by atoms with Crippen LogP contribution in [0.3, 0.4) is 0 Å². The molecule has 3 rings (SSSR count). The zero-order chi connectivity index (χ0) is 19.3. The van der Waals surface area contributed by atoms with Gasteiger partial charge in [-0.3, -0.25) is 4.79 Å². The van der Waals surface area contributed by atoms with Crippen molar-refractivity contribution in [1.82, 2.24) is 4.31 Å². The highest BCUT2D eigenvalue weighted by atomic mass is 35.5. The van der Waals surface area contributed by atoms with Crippen LogP contribution in [0.2, 0.25) is 5.02 Å². The lowest BCUT2D eigenvalue weighted by Crippen LogP contribution is -2.31. The minimum atomic E-state index is -3.48. The van der Waals surface area contributed by atoms with Gasteiger partial charge in [-0.15, -0.1) is 0 Å². The van der Waals surface area contributed by atoms with Crippen LogP contribution in [0, 0.1) is 0 Å². The molecule has 0 aliphatic carbocycles. The lowest BCUT2D eigenvalue weighted by atomic mass is 10.1. The summed E-state index contributed by atoms with van der Waals surface area (Å²) in [6, 6.07) is 13.5. The second kappa shape index (κ2) is 8.87. The Balaban J connectivity index is 1.64.